The highest BCUT2D eigenvalue weighted by Crippen LogP contribution is 2.25. The van der Waals surface area contributed by atoms with Gasteiger partial charge in [0.25, 0.3) is 5.91 Å². The Hall–Kier alpha value is -1.60. The molecule has 0 unspecified atom stereocenters. The molecule has 8 heteroatoms. The smallest absolute Gasteiger partial charge is 0.339 e. The summed E-state index contributed by atoms with van der Waals surface area (Å²) in [6, 6.07) is 2.60. The molecule has 0 aromatic heterocycles. The van der Waals surface area contributed by atoms with Crippen LogP contribution in [0.5, 0.6) is 0 Å². The second-order valence-corrected chi connectivity index (χ2v) is 4.67. The lowest BCUT2D eigenvalue weighted by atomic mass is 10.0. The maximum absolute atomic E-state index is 11.4. The van der Waals surface area contributed by atoms with Crippen molar-refractivity contribution in [3.63, 3.8) is 0 Å². The molecule has 0 saturated carbocycles. The molecule has 18 heavy (non-hydrogen) atoms. The van der Waals surface area contributed by atoms with Gasteiger partial charge in [-0.1, -0.05) is 17.7 Å². The Bertz CT molecular complexity index is 574. The highest BCUT2D eigenvalue weighted by molar-refractivity contribution is 7.71. The van der Waals surface area contributed by atoms with E-state index in [1.165, 1.54) is 12.1 Å². The number of rotatable bonds is 4. The zero-order chi connectivity index (χ0) is 13.9. The summed E-state index contributed by atoms with van der Waals surface area (Å²) < 4.78 is 25.8. The van der Waals surface area contributed by atoms with E-state index < -0.39 is 22.6 Å². The number of carbonyl (C=O) groups is 2. The Morgan fingerprint density at radius 3 is 2.44 bits per heavy atom. The van der Waals surface area contributed by atoms with E-state index in [1.807, 2.05) is 0 Å². The average Bonchev–Trinajstić information content (AvgIpc) is 2.27. The van der Waals surface area contributed by atoms with Crippen LogP contribution in [-0.2, 0) is 21.2 Å². The lowest BCUT2D eigenvalue weighted by Crippen LogP contribution is -2.17. The fraction of sp³-hybridized carbons (Fsp3) is 0.200. The molecule has 0 aliphatic heterocycles. The minimum atomic E-state index is -2.74. The molecule has 98 valence electrons. The normalized spacial score (nSPS) is 10.4. The van der Waals surface area contributed by atoms with Crippen molar-refractivity contribution < 1.29 is 22.7 Å². The van der Waals surface area contributed by atoms with Crippen molar-refractivity contribution in [1.82, 2.24) is 0 Å². The fourth-order valence-corrected chi connectivity index (χ4v) is 2.32. The second-order valence-electron chi connectivity index (χ2n) is 3.31. The first kappa shape index (κ1) is 14.5. The van der Waals surface area contributed by atoms with Crippen molar-refractivity contribution in [2.75, 3.05) is 7.11 Å². The third-order valence-electron chi connectivity index (χ3n) is 2.18. The molecule has 0 aliphatic carbocycles. The third kappa shape index (κ3) is 2.99. The molecule has 1 aromatic carbocycles. The summed E-state index contributed by atoms with van der Waals surface area (Å²) in [4.78, 5) is 22.6. The topological polar surface area (TPSA) is 104 Å². The molecule has 0 heterocycles. The molecule has 0 aliphatic rings. The molecule has 0 spiro atoms. The van der Waals surface area contributed by atoms with Crippen LogP contribution in [0, 0.1) is 0 Å². The van der Waals surface area contributed by atoms with Gasteiger partial charge in [-0.25, -0.2) is 13.2 Å². The zero-order valence-corrected chi connectivity index (χ0v) is 11.0. The predicted molar refractivity (Wildman–Crippen MR) is 65.3 cm³/mol. The van der Waals surface area contributed by atoms with Crippen molar-refractivity contribution in [2.45, 2.75) is 5.75 Å². The van der Waals surface area contributed by atoms with Gasteiger partial charge in [-0.3, -0.25) is 4.79 Å². The van der Waals surface area contributed by atoms with Crippen molar-refractivity contribution in [1.29, 1.82) is 0 Å². The van der Waals surface area contributed by atoms with Gasteiger partial charge in [0, 0.05) is 0 Å². The van der Waals surface area contributed by atoms with E-state index in [0.29, 0.717) is 0 Å². The number of carbonyl (C=O) groups excluding carboxylic acids is 2. The fourth-order valence-electron chi connectivity index (χ4n) is 1.42. The van der Waals surface area contributed by atoms with E-state index >= 15 is 0 Å². The summed E-state index contributed by atoms with van der Waals surface area (Å²) in [5, 5.41) is -0.205. The first-order chi connectivity index (χ1) is 8.38. The molecule has 0 atom stereocenters. The van der Waals surface area contributed by atoms with E-state index in [-0.39, 0.29) is 27.5 Å². The number of primary amides is 1. The standard InChI is InChI=1S/C10H10ClNO5S/c1-17-10(14)6-3-2-5(4-18(15)16)7(8(6)11)9(12)13/h2-3,18H,4H2,1H3,(H2,12,13). The molecule has 0 fully saturated rings. The quantitative estimate of drug-likeness (QED) is 0.615. The number of hydrogen-bond donors (Lipinski definition) is 2. The number of esters is 1. The van der Waals surface area contributed by atoms with E-state index in [4.69, 9.17) is 17.3 Å². The Balaban J connectivity index is 3.46. The average molecular weight is 292 g/mol. The number of nitrogens with two attached hydrogens (primary N) is 1. The molecule has 1 aromatic rings. The summed E-state index contributed by atoms with van der Waals surface area (Å²) >= 11 is 5.87. The lowest BCUT2D eigenvalue weighted by molar-refractivity contribution is 0.0601. The molecule has 1 rings (SSSR count). The van der Waals surface area contributed by atoms with Gasteiger partial charge in [-0.2, -0.15) is 0 Å². The van der Waals surface area contributed by atoms with Gasteiger partial charge in [0.2, 0.25) is 0 Å². The second kappa shape index (κ2) is 5.83. The van der Waals surface area contributed by atoms with Gasteiger partial charge in [-0.05, 0) is 11.6 Å². The monoisotopic (exact) mass is 291 g/mol. The number of amides is 1. The van der Waals surface area contributed by atoms with Crippen LogP contribution in [0.2, 0.25) is 5.02 Å². The number of thiol groups is 1. The number of ether oxygens (including phenoxy) is 1. The van der Waals surface area contributed by atoms with Crippen LogP contribution >= 0.6 is 11.6 Å². The minimum absolute atomic E-state index is 0.0437. The van der Waals surface area contributed by atoms with E-state index in [2.05, 4.69) is 4.74 Å². The number of benzene rings is 1. The zero-order valence-electron chi connectivity index (χ0n) is 9.31. The summed E-state index contributed by atoms with van der Waals surface area (Å²) in [6.07, 6.45) is 0. The number of halogens is 1. The van der Waals surface area contributed by atoms with Crippen molar-refractivity contribution in [3.05, 3.63) is 33.8 Å². The number of hydrogen-bond acceptors (Lipinski definition) is 5. The van der Waals surface area contributed by atoms with Crippen LogP contribution in [0.3, 0.4) is 0 Å². The summed E-state index contributed by atoms with van der Waals surface area (Å²) in [5.41, 5.74) is 5.05. The Labute approximate surface area is 110 Å². The summed E-state index contributed by atoms with van der Waals surface area (Å²) in [7, 11) is -1.58. The molecule has 0 radical (unpaired) electrons. The molecule has 0 saturated heterocycles. The maximum atomic E-state index is 11.4. The van der Waals surface area contributed by atoms with E-state index in [0.717, 1.165) is 7.11 Å². The van der Waals surface area contributed by atoms with Crippen molar-refractivity contribution in [2.24, 2.45) is 5.73 Å². The van der Waals surface area contributed by atoms with Gasteiger partial charge < -0.3 is 10.5 Å². The Kier molecular flexibility index (Phi) is 4.69. The number of methoxy groups -OCH3 is 1. The maximum Gasteiger partial charge on any atom is 0.339 e. The summed E-state index contributed by atoms with van der Waals surface area (Å²) in [5.74, 6) is -2.02. The van der Waals surface area contributed by atoms with Gasteiger partial charge in [0.05, 0.1) is 29.0 Å². The molecule has 2 N–H and O–H groups in total. The van der Waals surface area contributed by atoms with Crippen LogP contribution in [0.1, 0.15) is 26.3 Å². The minimum Gasteiger partial charge on any atom is -0.465 e. The SMILES string of the molecule is COC(=O)c1ccc(C[SH](=O)=O)c(C(N)=O)c1Cl. The van der Waals surface area contributed by atoms with Gasteiger partial charge in [-0.15, -0.1) is 0 Å². The molecule has 0 bridgehead atoms. The summed E-state index contributed by atoms with van der Waals surface area (Å²) in [6.45, 7) is 0. The van der Waals surface area contributed by atoms with E-state index in [1.54, 1.807) is 0 Å². The van der Waals surface area contributed by atoms with Crippen LogP contribution in [-0.4, -0.2) is 27.4 Å². The van der Waals surface area contributed by atoms with Crippen LogP contribution in [0.15, 0.2) is 12.1 Å². The highest BCUT2D eigenvalue weighted by Gasteiger charge is 2.20. The van der Waals surface area contributed by atoms with Crippen LogP contribution in [0.25, 0.3) is 0 Å². The van der Waals surface area contributed by atoms with Crippen molar-refractivity contribution in [3.8, 4) is 0 Å². The molecule has 6 nitrogen and oxygen atoms in total. The predicted octanol–water partition coefficient (Wildman–Crippen LogP) is 0.337. The Morgan fingerprint density at radius 1 is 1.39 bits per heavy atom. The third-order valence-corrected chi connectivity index (χ3v) is 3.17. The molecular weight excluding hydrogens is 282 g/mol. The van der Waals surface area contributed by atoms with E-state index in [9.17, 15) is 18.0 Å². The van der Waals surface area contributed by atoms with Gasteiger partial charge in [0.15, 0.2) is 0 Å². The van der Waals surface area contributed by atoms with Crippen molar-refractivity contribution >= 4 is 34.2 Å². The molecule has 1 amide bonds. The van der Waals surface area contributed by atoms with Gasteiger partial charge in [0.1, 0.15) is 10.7 Å². The molecular formula is C10H10ClNO5S. The van der Waals surface area contributed by atoms with Crippen LogP contribution < -0.4 is 5.73 Å². The Morgan fingerprint density at radius 2 is 2.00 bits per heavy atom. The van der Waals surface area contributed by atoms with Gasteiger partial charge >= 0.3 is 5.97 Å². The first-order valence-electron chi connectivity index (χ1n) is 4.69. The first-order valence-corrected chi connectivity index (χ1v) is 6.43. The largest absolute Gasteiger partial charge is 0.465 e. The van der Waals surface area contributed by atoms with Crippen LogP contribution in [0.4, 0.5) is 0 Å². The lowest BCUT2D eigenvalue weighted by Gasteiger charge is -2.09. The highest BCUT2D eigenvalue weighted by atomic mass is 35.5.